The maximum absolute atomic E-state index is 5.16. The molecular weight excluding hydrogens is 198 g/mol. The Balaban J connectivity index is 2.33. The van der Waals surface area contributed by atoms with Gasteiger partial charge in [-0.1, -0.05) is 34.1 Å². The van der Waals surface area contributed by atoms with Crippen LogP contribution in [0, 0.1) is 10.8 Å². The summed E-state index contributed by atoms with van der Waals surface area (Å²) in [6, 6.07) is 0.703. The highest BCUT2D eigenvalue weighted by Gasteiger charge is 2.34. The van der Waals surface area contributed by atoms with E-state index in [0.29, 0.717) is 16.9 Å². The maximum Gasteiger partial charge on any atom is 0.0467 e. The Morgan fingerprint density at radius 1 is 1.38 bits per heavy atom. The zero-order valence-corrected chi connectivity index (χ0v) is 11.7. The van der Waals surface area contributed by atoms with Crippen molar-refractivity contribution in [1.82, 2.24) is 5.32 Å². The van der Waals surface area contributed by atoms with E-state index in [-0.39, 0.29) is 0 Å². The second kappa shape index (κ2) is 5.50. The van der Waals surface area contributed by atoms with Gasteiger partial charge >= 0.3 is 0 Å². The Bertz CT molecular complexity index is 211. The molecule has 16 heavy (non-hydrogen) atoms. The molecule has 0 aromatic rings. The molecule has 0 saturated heterocycles. The van der Waals surface area contributed by atoms with Crippen molar-refractivity contribution < 1.29 is 4.74 Å². The zero-order chi connectivity index (χ0) is 12.2. The maximum atomic E-state index is 5.16. The lowest BCUT2D eigenvalue weighted by Gasteiger charge is -2.32. The first kappa shape index (κ1) is 14.0. The number of hydrogen-bond acceptors (Lipinski definition) is 2. The van der Waals surface area contributed by atoms with Crippen LogP contribution < -0.4 is 5.32 Å². The summed E-state index contributed by atoms with van der Waals surface area (Å²) in [7, 11) is 1.78. The van der Waals surface area contributed by atoms with Gasteiger partial charge in [0.2, 0.25) is 0 Å². The molecule has 0 aliphatic heterocycles. The van der Waals surface area contributed by atoms with E-state index in [1.54, 1.807) is 7.11 Å². The summed E-state index contributed by atoms with van der Waals surface area (Å²) < 4.78 is 5.16. The van der Waals surface area contributed by atoms with E-state index in [4.69, 9.17) is 4.74 Å². The fraction of sp³-hybridized carbons (Fsp3) is 1.00. The topological polar surface area (TPSA) is 21.3 Å². The van der Waals surface area contributed by atoms with Crippen molar-refractivity contribution in [2.24, 2.45) is 10.8 Å². The molecule has 2 heteroatoms. The molecule has 1 N–H and O–H groups in total. The van der Waals surface area contributed by atoms with Gasteiger partial charge in [0.05, 0.1) is 0 Å². The van der Waals surface area contributed by atoms with Crippen molar-refractivity contribution in [1.29, 1.82) is 0 Å². The molecule has 0 heterocycles. The van der Waals surface area contributed by atoms with Crippen molar-refractivity contribution in [2.75, 3.05) is 20.3 Å². The van der Waals surface area contributed by atoms with Crippen molar-refractivity contribution in [3.8, 4) is 0 Å². The molecule has 1 atom stereocenters. The first-order valence-corrected chi connectivity index (χ1v) is 6.60. The molecule has 0 spiro atoms. The van der Waals surface area contributed by atoms with Gasteiger partial charge in [-0.15, -0.1) is 0 Å². The molecule has 1 unspecified atom stereocenters. The molecule has 96 valence electrons. The molecule has 0 radical (unpaired) electrons. The first-order valence-electron chi connectivity index (χ1n) is 6.60. The van der Waals surface area contributed by atoms with Gasteiger partial charge in [0, 0.05) is 26.3 Å². The second-order valence-corrected chi connectivity index (χ2v) is 6.72. The minimum absolute atomic E-state index is 0.342. The summed E-state index contributed by atoms with van der Waals surface area (Å²) in [6.07, 6.45) is 5.21. The average molecular weight is 227 g/mol. The molecule has 0 aromatic heterocycles. The summed E-state index contributed by atoms with van der Waals surface area (Å²) in [5.41, 5.74) is 0.825. The van der Waals surface area contributed by atoms with Crippen LogP contribution in [-0.2, 0) is 4.74 Å². The van der Waals surface area contributed by atoms with Crippen molar-refractivity contribution >= 4 is 0 Å². The van der Waals surface area contributed by atoms with Gasteiger partial charge in [-0.05, 0) is 30.1 Å². The van der Waals surface area contributed by atoms with Crippen LogP contribution in [0.3, 0.4) is 0 Å². The SMILES string of the molecule is COCCC(C)(C)CNC1CCCC1(C)C. The Morgan fingerprint density at radius 3 is 2.56 bits per heavy atom. The number of ether oxygens (including phenoxy) is 1. The fourth-order valence-electron chi connectivity index (χ4n) is 2.57. The zero-order valence-electron chi connectivity index (χ0n) is 11.7. The minimum atomic E-state index is 0.342. The molecule has 1 fully saturated rings. The monoisotopic (exact) mass is 227 g/mol. The summed E-state index contributed by atoms with van der Waals surface area (Å²) in [4.78, 5) is 0. The fourth-order valence-corrected chi connectivity index (χ4v) is 2.57. The summed E-state index contributed by atoms with van der Waals surface area (Å²) in [5.74, 6) is 0. The quantitative estimate of drug-likeness (QED) is 0.752. The van der Waals surface area contributed by atoms with Crippen LogP contribution in [0.5, 0.6) is 0 Å². The van der Waals surface area contributed by atoms with E-state index in [2.05, 4.69) is 33.0 Å². The number of hydrogen-bond donors (Lipinski definition) is 1. The Kier molecular flexibility index (Phi) is 4.81. The van der Waals surface area contributed by atoms with Crippen LogP contribution in [0.2, 0.25) is 0 Å². The van der Waals surface area contributed by atoms with Gasteiger partial charge in [0.1, 0.15) is 0 Å². The molecule has 1 rings (SSSR count). The minimum Gasteiger partial charge on any atom is -0.385 e. The van der Waals surface area contributed by atoms with Crippen LogP contribution in [-0.4, -0.2) is 26.3 Å². The normalized spacial score (nSPS) is 24.9. The third kappa shape index (κ3) is 4.06. The lowest BCUT2D eigenvalue weighted by atomic mass is 9.85. The molecule has 2 nitrogen and oxygen atoms in total. The van der Waals surface area contributed by atoms with Gasteiger partial charge in [-0.25, -0.2) is 0 Å². The standard InChI is InChI=1S/C14H29NO/c1-13(2,9-10-16-5)11-15-12-7-6-8-14(12,3)4/h12,15H,6-11H2,1-5H3. The van der Waals surface area contributed by atoms with Gasteiger partial charge in [-0.3, -0.25) is 0 Å². The molecule has 1 saturated carbocycles. The highest BCUT2D eigenvalue weighted by atomic mass is 16.5. The number of nitrogens with one attached hydrogen (secondary N) is 1. The van der Waals surface area contributed by atoms with Gasteiger partial charge < -0.3 is 10.1 Å². The van der Waals surface area contributed by atoms with E-state index in [1.165, 1.54) is 19.3 Å². The van der Waals surface area contributed by atoms with Crippen LogP contribution in [0.15, 0.2) is 0 Å². The van der Waals surface area contributed by atoms with Crippen LogP contribution in [0.1, 0.15) is 53.4 Å². The largest absolute Gasteiger partial charge is 0.385 e. The number of rotatable bonds is 6. The predicted molar refractivity (Wildman–Crippen MR) is 69.7 cm³/mol. The summed E-state index contributed by atoms with van der Waals surface area (Å²) >= 11 is 0. The van der Waals surface area contributed by atoms with E-state index in [0.717, 1.165) is 19.6 Å². The smallest absolute Gasteiger partial charge is 0.0467 e. The number of methoxy groups -OCH3 is 1. The highest BCUT2D eigenvalue weighted by Crippen LogP contribution is 2.37. The van der Waals surface area contributed by atoms with E-state index in [1.807, 2.05) is 0 Å². The summed E-state index contributed by atoms with van der Waals surface area (Å²) in [5, 5.41) is 3.77. The lowest BCUT2D eigenvalue weighted by Crippen LogP contribution is -2.42. The van der Waals surface area contributed by atoms with Gasteiger partial charge in [0.25, 0.3) is 0 Å². The summed E-state index contributed by atoms with van der Waals surface area (Å²) in [6.45, 7) is 11.4. The Morgan fingerprint density at radius 2 is 2.06 bits per heavy atom. The van der Waals surface area contributed by atoms with Crippen molar-refractivity contribution in [2.45, 2.75) is 59.4 Å². The molecule has 0 bridgehead atoms. The highest BCUT2D eigenvalue weighted by molar-refractivity contribution is 4.91. The van der Waals surface area contributed by atoms with Crippen LogP contribution in [0.4, 0.5) is 0 Å². The molecular formula is C14H29NO. The molecule has 0 aromatic carbocycles. The van der Waals surface area contributed by atoms with Crippen LogP contribution in [0.25, 0.3) is 0 Å². The molecule has 1 aliphatic rings. The van der Waals surface area contributed by atoms with Crippen LogP contribution >= 0.6 is 0 Å². The lowest BCUT2D eigenvalue weighted by molar-refractivity contribution is 0.144. The Hall–Kier alpha value is -0.0800. The van der Waals surface area contributed by atoms with E-state index < -0.39 is 0 Å². The molecule has 1 aliphatic carbocycles. The third-order valence-corrected chi connectivity index (χ3v) is 4.07. The van der Waals surface area contributed by atoms with Gasteiger partial charge in [0.15, 0.2) is 0 Å². The predicted octanol–water partition coefficient (Wildman–Crippen LogP) is 3.22. The second-order valence-electron chi connectivity index (χ2n) is 6.72. The average Bonchev–Trinajstić information content (AvgIpc) is 2.52. The van der Waals surface area contributed by atoms with E-state index >= 15 is 0 Å². The van der Waals surface area contributed by atoms with E-state index in [9.17, 15) is 0 Å². The third-order valence-electron chi connectivity index (χ3n) is 4.07. The molecule has 0 amide bonds. The van der Waals surface area contributed by atoms with Gasteiger partial charge in [-0.2, -0.15) is 0 Å². The van der Waals surface area contributed by atoms with Crippen molar-refractivity contribution in [3.63, 3.8) is 0 Å². The van der Waals surface area contributed by atoms with Crippen molar-refractivity contribution in [3.05, 3.63) is 0 Å². The first-order chi connectivity index (χ1) is 7.37. The Labute approximate surface area is 101 Å².